The summed E-state index contributed by atoms with van der Waals surface area (Å²) < 4.78 is 23.0. The maximum atomic E-state index is 12.2. The molecule has 0 aliphatic heterocycles. The minimum absolute atomic E-state index is 0.122. The highest BCUT2D eigenvalue weighted by Gasteiger charge is 2.22. The molecule has 4 nitrogen and oxygen atoms in total. The molecule has 0 saturated carbocycles. The molecule has 1 amide bonds. The monoisotopic (exact) mass is 387 g/mol. The second-order valence-electron chi connectivity index (χ2n) is 3.69. The quantitative estimate of drug-likeness (QED) is 0.741. The molecule has 8 heteroatoms. The molecule has 0 aliphatic carbocycles. The van der Waals surface area contributed by atoms with Gasteiger partial charge in [0.05, 0.1) is 14.4 Å². The molecule has 1 rings (SSSR count). The van der Waals surface area contributed by atoms with Gasteiger partial charge in [0.25, 0.3) is 15.0 Å². The van der Waals surface area contributed by atoms with E-state index in [1.165, 1.54) is 12.1 Å². The van der Waals surface area contributed by atoms with Crippen LogP contribution >= 0.6 is 38.2 Å². The van der Waals surface area contributed by atoms with Crippen LogP contribution in [0.3, 0.4) is 0 Å². The molecule has 0 bridgehead atoms. The van der Waals surface area contributed by atoms with Crippen molar-refractivity contribution in [1.29, 1.82) is 0 Å². The molecular formula is C11H12BrCl2NO3S. The normalized spacial score (nSPS) is 11.4. The average molecular weight is 389 g/mol. The van der Waals surface area contributed by atoms with Gasteiger partial charge in [0.2, 0.25) is 0 Å². The summed E-state index contributed by atoms with van der Waals surface area (Å²) in [5.41, 5.74) is 0.191. The second-order valence-corrected chi connectivity index (χ2v) is 7.42. The van der Waals surface area contributed by atoms with Gasteiger partial charge in [-0.05, 0) is 41.9 Å². The fourth-order valence-corrected chi connectivity index (χ4v) is 3.94. The molecule has 0 aliphatic rings. The molecule has 1 aromatic carbocycles. The molecule has 0 atom stereocenters. The van der Waals surface area contributed by atoms with E-state index >= 15 is 0 Å². The zero-order chi connectivity index (χ0) is 14.8. The fourth-order valence-electron chi connectivity index (χ4n) is 1.56. The molecule has 0 radical (unpaired) electrons. The number of hydrogen-bond acceptors (Lipinski definition) is 3. The number of halogens is 3. The predicted octanol–water partition coefficient (Wildman–Crippen LogP) is 3.51. The van der Waals surface area contributed by atoms with Crippen LogP contribution in [0.25, 0.3) is 0 Å². The molecule has 0 unspecified atom stereocenters. The van der Waals surface area contributed by atoms with Crippen molar-refractivity contribution in [2.24, 2.45) is 0 Å². The molecule has 0 fully saturated rings. The van der Waals surface area contributed by atoms with Crippen LogP contribution in [0.5, 0.6) is 0 Å². The van der Waals surface area contributed by atoms with Crippen LogP contribution in [0.15, 0.2) is 21.5 Å². The van der Waals surface area contributed by atoms with Gasteiger partial charge in [-0.1, -0.05) is 11.6 Å². The van der Waals surface area contributed by atoms with E-state index in [-0.39, 0.29) is 25.9 Å². The Morgan fingerprint density at radius 3 is 2.26 bits per heavy atom. The lowest BCUT2D eigenvalue weighted by Gasteiger charge is -2.19. The van der Waals surface area contributed by atoms with E-state index in [2.05, 4.69) is 15.9 Å². The molecule has 0 heterocycles. The summed E-state index contributed by atoms with van der Waals surface area (Å²) in [4.78, 5) is 13.5. The van der Waals surface area contributed by atoms with E-state index in [0.29, 0.717) is 13.1 Å². The van der Waals surface area contributed by atoms with Gasteiger partial charge in [-0.2, -0.15) is 0 Å². The van der Waals surface area contributed by atoms with E-state index in [4.69, 9.17) is 22.3 Å². The van der Waals surface area contributed by atoms with E-state index < -0.39 is 9.05 Å². The van der Waals surface area contributed by atoms with E-state index in [0.717, 1.165) is 0 Å². The first-order valence-corrected chi connectivity index (χ1v) is 8.93. The summed E-state index contributed by atoms with van der Waals surface area (Å²) in [5, 5.41) is 0.122. The lowest BCUT2D eigenvalue weighted by molar-refractivity contribution is 0.0772. The van der Waals surface area contributed by atoms with Crippen molar-refractivity contribution in [3.63, 3.8) is 0 Å². The smallest absolute Gasteiger partial charge is 0.262 e. The largest absolute Gasteiger partial charge is 0.339 e. The number of hydrogen-bond donors (Lipinski definition) is 0. The number of benzene rings is 1. The van der Waals surface area contributed by atoms with Crippen molar-refractivity contribution in [1.82, 2.24) is 4.90 Å². The van der Waals surface area contributed by atoms with Crippen LogP contribution in [0.4, 0.5) is 0 Å². The fraction of sp³-hybridized carbons (Fsp3) is 0.364. The highest BCUT2D eigenvalue weighted by atomic mass is 79.9. The third-order valence-electron chi connectivity index (χ3n) is 2.56. The lowest BCUT2D eigenvalue weighted by atomic mass is 10.2. The van der Waals surface area contributed by atoms with Crippen LogP contribution in [0.1, 0.15) is 24.2 Å². The molecule has 0 N–H and O–H groups in total. The highest BCUT2D eigenvalue weighted by molar-refractivity contribution is 9.10. The minimum Gasteiger partial charge on any atom is -0.339 e. The van der Waals surface area contributed by atoms with Crippen LogP contribution in [0, 0.1) is 0 Å². The first-order valence-electron chi connectivity index (χ1n) is 5.45. The number of nitrogens with zero attached hydrogens (tertiary/aromatic N) is 1. The van der Waals surface area contributed by atoms with Gasteiger partial charge >= 0.3 is 0 Å². The van der Waals surface area contributed by atoms with E-state index in [9.17, 15) is 13.2 Å². The Labute approximate surface area is 130 Å². The number of carbonyl (C=O) groups excluding carboxylic acids is 1. The van der Waals surface area contributed by atoms with Crippen molar-refractivity contribution < 1.29 is 13.2 Å². The number of rotatable bonds is 4. The van der Waals surface area contributed by atoms with Gasteiger partial charge in [-0.3, -0.25) is 4.79 Å². The topological polar surface area (TPSA) is 54.5 Å². The van der Waals surface area contributed by atoms with Crippen LogP contribution in [0.2, 0.25) is 5.02 Å². The van der Waals surface area contributed by atoms with Crippen molar-refractivity contribution in [2.75, 3.05) is 13.1 Å². The molecule has 0 saturated heterocycles. The zero-order valence-electron chi connectivity index (χ0n) is 10.3. The van der Waals surface area contributed by atoms with Gasteiger partial charge < -0.3 is 4.90 Å². The molecule has 0 aromatic heterocycles. The Morgan fingerprint density at radius 1 is 1.32 bits per heavy atom. The third-order valence-corrected chi connectivity index (χ3v) is 5.54. The maximum Gasteiger partial charge on any atom is 0.262 e. The van der Waals surface area contributed by atoms with Crippen molar-refractivity contribution >= 4 is 53.2 Å². The summed E-state index contributed by atoms with van der Waals surface area (Å²) in [6.07, 6.45) is 0. The summed E-state index contributed by atoms with van der Waals surface area (Å²) >= 11 is 8.97. The van der Waals surface area contributed by atoms with Crippen molar-refractivity contribution in [3.05, 3.63) is 27.2 Å². The predicted molar refractivity (Wildman–Crippen MR) is 79.4 cm³/mol. The van der Waals surface area contributed by atoms with Gasteiger partial charge in [0.15, 0.2) is 0 Å². The van der Waals surface area contributed by atoms with Crippen LogP contribution in [-0.2, 0) is 9.05 Å². The van der Waals surface area contributed by atoms with Gasteiger partial charge in [0, 0.05) is 29.3 Å². The maximum absolute atomic E-state index is 12.2. The van der Waals surface area contributed by atoms with E-state index in [1.54, 1.807) is 4.90 Å². The number of amides is 1. The lowest BCUT2D eigenvalue weighted by Crippen LogP contribution is -2.30. The zero-order valence-corrected chi connectivity index (χ0v) is 14.2. The van der Waals surface area contributed by atoms with Crippen molar-refractivity contribution in [3.8, 4) is 0 Å². The first-order chi connectivity index (χ1) is 8.72. The Morgan fingerprint density at radius 2 is 1.84 bits per heavy atom. The summed E-state index contributed by atoms with van der Waals surface area (Å²) in [7, 11) is 1.34. The highest BCUT2D eigenvalue weighted by Crippen LogP contribution is 2.33. The van der Waals surface area contributed by atoms with Crippen molar-refractivity contribution in [2.45, 2.75) is 18.7 Å². The van der Waals surface area contributed by atoms with Gasteiger partial charge in [-0.25, -0.2) is 8.42 Å². The average Bonchev–Trinajstić information content (AvgIpc) is 2.32. The Hall–Kier alpha value is -0.300. The standard InChI is InChI=1S/C11H12BrCl2NO3S/c1-3-15(4-2)11(16)7-5-8(13)10(12)9(6-7)19(14,17)18/h5-6H,3-4H2,1-2H3. The van der Waals surface area contributed by atoms with Crippen LogP contribution < -0.4 is 0 Å². The molecular weight excluding hydrogens is 377 g/mol. The summed E-state index contributed by atoms with van der Waals surface area (Å²) in [6.45, 7) is 4.71. The van der Waals surface area contributed by atoms with Gasteiger partial charge in [-0.15, -0.1) is 0 Å². The SMILES string of the molecule is CCN(CC)C(=O)c1cc(Cl)c(Br)c(S(=O)(=O)Cl)c1. The first kappa shape index (κ1) is 16.8. The summed E-state index contributed by atoms with van der Waals surface area (Å²) in [6, 6.07) is 2.64. The third kappa shape index (κ3) is 3.84. The Balaban J connectivity index is 3.40. The summed E-state index contributed by atoms with van der Waals surface area (Å²) in [5.74, 6) is -0.291. The molecule has 106 valence electrons. The van der Waals surface area contributed by atoms with Gasteiger partial charge in [0.1, 0.15) is 0 Å². The van der Waals surface area contributed by atoms with E-state index in [1.807, 2.05) is 13.8 Å². The molecule has 19 heavy (non-hydrogen) atoms. The van der Waals surface area contributed by atoms with Crippen LogP contribution in [-0.4, -0.2) is 32.3 Å². The number of carbonyl (C=O) groups is 1. The Bertz CT molecular complexity index is 600. The minimum atomic E-state index is -3.98. The molecule has 1 aromatic rings. The Kier molecular flexibility index (Phi) is 5.67. The second kappa shape index (κ2) is 6.43. The molecule has 0 spiro atoms.